The van der Waals surface area contributed by atoms with Crippen molar-refractivity contribution in [2.75, 3.05) is 26.4 Å². The normalized spacial score (nSPS) is 14.8. The summed E-state index contributed by atoms with van der Waals surface area (Å²) >= 11 is 0. The molecule has 0 spiro atoms. The molecule has 4 N–H and O–H groups in total. The van der Waals surface area contributed by atoms with E-state index in [9.17, 15) is 24.2 Å². The summed E-state index contributed by atoms with van der Waals surface area (Å²) in [6.07, 6.45) is 51.4. The second-order valence-electron chi connectivity index (χ2n) is 14.1. The first-order chi connectivity index (χ1) is 28.2. The topological polar surface area (TPSA) is 155 Å². The Morgan fingerprint density at radius 1 is 0.586 bits per heavy atom. The maximum Gasteiger partial charge on any atom is 0.472 e. The van der Waals surface area contributed by atoms with E-state index in [1.807, 2.05) is 13.0 Å². The molecule has 3 atom stereocenters. The molecule has 0 bridgehead atoms. The third-order valence-electron chi connectivity index (χ3n) is 8.46. The smallest absolute Gasteiger partial charge is 0.462 e. The Balaban J connectivity index is 4.34. The molecule has 0 saturated heterocycles. The molecule has 0 aromatic rings. The van der Waals surface area contributed by atoms with Crippen LogP contribution >= 0.6 is 7.82 Å². The van der Waals surface area contributed by atoms with Gasteiger partial charge in [-0.15, -0.1) is 0 Å². The third kappa shape index (κ3) is 42.5. The zero-order valence-electron chi connectivity index (χ0n) is 35.8. The monoisotopic (exact) mass is 832 g/mol. The summed E-state index contributed by atoms with van der Waals surface area (Å²) in [5.74, 6) is -0.958. The number of hydrogen-bond acceptors (Lipinski definition) is 9. The number of phosphoric ester groups is 1. The number of phosphoric acid groups is 1. The van der Waals surface area contributed by atoms with E-state index in [0.717, 1.165) is 77.0 Å². The Hall–Kier alpha value is -3.11. The zero-order chi connectivity index (χ0) is 42.6. The molecule has 0 aromatic heterocycles. The first-order valence-corrected chi connectivity index (χ1v) is 23.2. The summed E-state index contributed by atoms with van der Waals surface area (Å²) in [6.45, 7) is 3.12. The van der Waals surface area contributed by atoms with E-state index >= 15 is 0 Å². The van der Waals surface area contributed by atoms with Crippen LogP contribution in [0.5, 0.6) is 0 Å². The van der Waals surface area contributed by atoms with Crippen LogP contribution in [0.1, 0.15) is 149 Å². The van der Waals surface area contributed by atoms with Gasteiger partial charge in [0.2, 0.25) is 0 Å². The molecule has 0 radical (unpaired) electrons. The Morgan fingerprint density at radius 2 is 1.03 bits per heavy atom. The number of carbonyl (C=O) groups is 2. The molecule has 330 valence electrons. The van der Waals surface area contributed by atoms with Gasteiger partial charge in [-0.1, -0.05) is 123 Å². The van der Waals surface area contributed by atoms with Crippen LogP contribution in [0.3, 0.4) is 0 Å². The first kappa shape index (κ1) is 54.9. The van der Waals surface area contributed by atoms with Gasteiger partial charge in [-0.05, 0) is 110 Å². The number of nitrogens with two attached hydrogens (primary N) is 1. The Kier molecular flexibility index (Phi) is 39.8. The quantitative estimate of drug-likeness (QED) is 0.0236. The molecule has 0 fully saturated rings. The molecule has 0 aliphatic carbocycles. The average Bonchev–Trinajstić information content (AvgIpc) is 3.20. The number of hydrogen-bond donors (Lipinski definition) is 3. The minimum atomic E-state index is -4.41. The highest BCUT2D eigenvalue weighted by Crippen LogP contribution is 2.43. The number of carbonyl (C=O) groups excluding carboxylic acids is 2. The molecule has 11 heteroatoms. The van der Waals surface area contributed by atoms with Crippen LogP contribution in [-0.2, 0) is 32.7 Å². The number of ether oxygens (including phenoxy) is 2. The van der Waals surface area contributed by atoms with Crippen LogP contribution in [0.2, 0.25) is 0 Å². The lowest BCUT2D eigenvalue weighted by Crippen LogP contribution is -2.29. The Morgan fingerprint density at radius 3 is 1.52 bits per heavy atom. The predicted molar refractivity (Wildman–Crippen MR) is 239 cm³/mol. The molecular weight excluding hydrogens is 753 g/mol. The van der Waals surface area contributed by atoms with Gasteiger partial charge >= 0.3 is 19.8 Å². The highest BCUT2D eigenvalue weighted by Gasteiger charge is 2.25. The number of aliphatic hydroxyl groups is 1. The molecule has 10 nitrogen and oxygen atoms in total. The van der Waals surface area contributed by atoms with E-state index < -0.39 is 32.5 Å². The van der Waals surface area contributed by atoms with Gasteiger partial charge in [0.05, 0.1) is 19.3 Å². The fourth-order valence-corrected chi connectivity index (χ4v) is 5.98. The van der Waals surface area contributed by atoms with Crippen LogP contribution in [0.4, 0.5) is 0 Å². The van der Waals surface area contributed by atoms with Crippen LogP contribution in [0.15, 0.2) is 97.2 Å². The molecule has 0 aliphatic heterocycles. The molecule has 58 heavy (non-hydrogen) atoms. The summed E-state index contributed by atoms with van der Waals surface area (Å²) in [5.41, 5.74) is 5.34. The van der Waals surface area contributed by atoms with E-state index in [-0.39, 0.29) is 38.7 Å². The van der Waals surface area contributed by atoms with E-state index in [1.54, 1.807) is 0 Å². The summed E-state index contributed by atoms with van der Waals surface area (Å²) in [5, 5.41) is 9.27. The van der Waals surface area contributed by atoms with Gasteiger partial charge in [0.1, 0.15) is 6.61 Å². The molecule has 0 heterocycles. The lowest BCUT2D eigenvalue weighted by Gasteiger charge is -2.19. The second-order valence-corrected chi connectivity index (χ2v) is 15.6. The summed E-state index contributed by atoms with van der Waals surface area (Å²) in [7, 11) is -4.41. The lowest BCUT2D eigenvalue weighted by molar-refractivity contribution is -0.161. The first-order valence-electron chi connectivity index (χ1n) is 21.7. The molecule has 0 rings (SSSR count). The summed E-state index contributed by atoms with van der Waals surface area (Å²) in [6, 6.07) is 0. The van der Waals surface area contributed by atoms with E-state index in [2.05, 4.69) is 98.1 Å². The molecule has 0 amide bonds. The van der Waals surface area contributed by atoms with Crippen LogP contribution in [0, 0.1) is 0 Å². The van der Waals surface area contributed by atoms with E-state index in [4.69, 9.17) is 24.3 Å². The number of allylic oxidation sites excluding steroid dienone is 16. The van der Waals surface area contributed by atoms with Crippen molar-refractivity contribution in [3.63, 3.8) is 0 Å². The third-order valence-corrected chi connectivity index (χ3v) is 9.45. The molecule has 0 aromatic carbocycles. The maximum atomic E-state index is 12.6. The van der Waals surface area contributed by atoms with Gasteiger partial charge in [0.15, 0.2) is 6.10 Å². The highest BCUT2D eigenvalue weighted by molar-refractivity contribution is 7.47. The average molecular weight is 832 g/mol. The standard InChI is InChI=1S/C47H78NO9P/c1-3-4-5-6-7-8-9-10-11-12-13-14-17-21-24-27-30-33-36-39-47(51)57-45(43-56-58(52,53)55-41-40-48)42-54-46(50)38-35-32-29-26-23-20-18-15-16-19-22-25-28-31-34-37-44(2)49/h7-8,10-11,13-14,16,18-21,24-26,28-29,44-45,49H,3-6,9,12,15,17,22-23,27,30-43,48H2,1-2H3,(H,52,53)/b8-7-,11-10-,14-13-,19-16-,20-18-,24-21-,28-25-,29-26-/t44-,45-/m1/s1. The van der Waals surface area contributed by atoms with Gasteiger partial charge in [-0.3, -0.25) is 18.6 Å². The van der Waals surface area contributed by atoms with Gasteiger partial charge in [-0.25, -0.2) is 4.57 Å². The van der Waals surface area contributed by atoms with Gasteiger partial charge in [0.25, 0.3) is 0 Å². The van der Waals surface area contributed by atoms with E-state index in [0.29, 0.717) is 19.3 Å². The van der Waals surface area contributed by atoms with Crippen LogP contribution < -0.4 is 5.73 Å². The Labute approximate surface area is 351 Å². The fraction of sp³-hybridized carbons (Fsp3) is 0.617. The minimum absolute atomic E-state index is 0.0300. The number of unbranched alkanes of at least 4 members (excludes halogenated alkanes) is 8. The zero-order valence-corrected chi connectivity index (χ0v) is 36.7. The van der Waals surface area contributed by atoms with Crippen molar-refractivity contribution in [1.29, 1.82) is 0 Å². The SMILES string of the molecule is CCCCC/C=C\C/C=C\C/C=C\C/C=C\CCCCCC(=O)O[C@H](COC(=O)CCC/C=C\C/C=C\C/C=C\C/C=C\CCC[C@@H](C)O)COP(=O)(O)OCCN. The predicted octanol–water partition coefficient (Wildman–Crippen LogP) is 11.6. The van der Waals surface area contributed by atoms with Crippen LogP contribution in [-0.4, -0.2) is 60.5 Å². The highest BCUT2D eigenvalue weighted by atomic mass is 31.2. The fourth-order valence-electron chi connectivity index (χ4n) is 5.22. The lowest BCUT2D eigenvalue weighted by atomic mass is 10.1. The molecule has 0 saturated carbocycles. The van der Waals surface area contributed by atoms with Crippen molar-refractivity contribution in [3.05, 3.63) is 97.2 Å². The molecule has 0 aliphatic rings. The van der Waals surface area contributed by atoms with E-state index in [1.165, 1.54) is 25.7 Å². The van der Waals surface area contributed by atoms with Gasteiger partial charge < -0.3 is 25.2 Å². The van der Waals surface area contributed by atoms with Crippen molar-refractivity contribution in [2.24, 2.45) is 5.73 Å². The maximum absolute atomic E-state index is 12.6. The van der Waals surface area contributed by atoms with Crippen molar-refractivity contribution in [1.82, 2.24) is 0 Å². The van der Waals surface area contributed by atoms with Gasteiger partial charge in [-0.2, -0.15) is 0 Å². The number of aliphatic hydroxyl groups excluding tert-OH is 1. The van der Waals surface area contributed by atoms with Crippen molar-refractivity contribution < 1.29 is 42.7 Å². The second kappa shape index (κ2) is 42.0. The largest absolute Gasteiger partial charge is 0.472 e. The summed E-state index contributed by atoms with van der Waals surface area (Å²) < 4.78 is 32.7. The van der Waals surface area contributed by atoms with Gasteiger partial charge in [0, 0.05) is 19.4 Å². The van der Waals surface area contributed by atoms with Crippen molar-refractivity contribution in [2.45, 2.75) is 161 Å². The van der Waals surface area contributed by atoms with Crippen molar-refractivity contribution >= 4 is 19.8 Å². The van der Waals surface area contributed by atoms with Crippen molar-refractivity contribution in [3.8, 4) is 0 Å². The number of esters is 2. The Bertz CT molecular complexity index is 1280. The minimum Gasteiger partial charge on any atom is -0.462 e. The molecule has 1 unspecified atom stereocenters. The number of rotatable bonds is 39. The summed E-state index contributed by atoms with van der Waals surface area (Å²) in [4.78, 5) is 34.9. The molecular formula is C47H78NO9P. The van der Waals surface area contributed by atoms with Crippen LogP contribution in [0.25, 0.3) is 0 Å².